The standard InChI is InChI=1S/C5H5N.CHClO2/c1-2-4-6-5-3-1;2-4-1-3/h1-5H;1H. The van der Waals surface area contributed by atoms with Crippen molar-refractivity contribution in [2.45, 2.75) is 0 Å². The maximum Gasteiger partial charge on any atom is 0.312 e. The molecule has 1 aromatic heterocycles. The van der Waals surface area contributed by atoms with E-state index in [2.05, 4.69) is 21.1 Å². The molecule has 54 valence electrons. The fraction of sp³-hybridized carbons (Fsp3) is 0. The van der Waals surface area contributed by atoms with Crippen LogP contribution in [0.4, 0.5) is 0 Å². The lowest BCUT2D eigenvalue weighted by Gasteiger charge is -1.70. The summed E-state index contributed by atoms with van der Waals surface area (Å²) in [5.41, 5.74) is 0. The second-order valence-corrected chi connectivity index (χ2v) is 1.39. The molecule has 0 amide bonds. The summed E-state index contributed by atoms with van der Waals surface area (Å²) in [6.45, 7) is 0.140. The summed E-state index contributed by atoms with van der Waals surface area (Å²) < 4.78 is 3.33. The van der Waals surface area contributed by atoms with Crippen molar-refractivity contribution in [3.8, 4) is 0 Å². The van der Waals surface area contributed by atoms with Crippen LogP contribution in [0.1, 0.15) is 0 Å². The van der Waals surface area contributed by atoms with Gasteiger partial charge in [-0.1, -0.05) is 6.07 Å². The first-order chi connectivity index (χ1) is 4.91. The quantitative estimate of drug-likeness (QED) is 0.582. The van der Waals surface area contributed by atoms with Crippen LogP contribution < -0.4 is 0 Å². The number of nitrogens with zero attached hydrogens (tertiary/aromatic N) is 1. The largest absolute Gasteiger partial charge is 0.350 e. The van der Waals surface area contributed by atoms with Gasteiger partial charge < -0.3 is 4.29 Å². The molecular weight excluding hydrogens is 154 g/mol. The molecule has 0 spiro atoms. The van der Waals surface area contributed by atoms with Crippen molar-refractivity contribution in [3.05, 3.63) is 30.6 Å². The molecule has 3 nitrogen and oxygen atoms in total. The van der Waals surface area contributed by atoms with Gasteiger partial charge in [0.2, 0.25) is 0 Å². The van der Waals surface area contributed by atoms with Gasteiger partial charge in [-0.15, -0.1) is 0 Å². The first kappa shape index (κ1) is 8.91. The Morgan fingerprint density at radius 1 is 1.30 bits per heavy atom. The Hall–Kier alpha value is -1.09. The Balaban J connectivity index is 0.000000180. The second-order valence-electron chi connectivity index (χ2n) is 1.21. The van der Waals surface area contributed by atoms with E-state index < -0.39 is 0 Å². The van der Waals surface area contributed by atoms with Gasteiger partial charge >= 0.3 is 6.47 Å². The van der Waals surface area contributed by atoms with Crippen LogP contribution in [0.15, 0.2) is 30.6 Å². The zero-order valence-electron chi connectivity index (χ0n) is 5.11. The smallest absolute Gasteiger partial charge is 0.312 e. The second kappa shape index (κ2) is 7.91. The van der Waals surface area contributed by atoms with Crippen LogP contribution in [-0.4, -0.2) is 11.5 Å². The summed E-state index contributed by atoms with van der Waals surface area (Å²) in [4.78, 5) is 12.6. The summed E-state index contributed by atoms with van der Waals surface area (Å²) in [7, 11) is 0. The number of pyridine rings is 1. The van der Waals surface area contributed by atoms with Crippen LogP contribution in [0, 0.1) is 0 Å². The lowest BCUT2D eigenvalue weighted by molar-refractivity contribution is -0.120. The van der Waals surface area contributed by atoms with Gasteiger partial charge in [0, 0.05) is 12.4 Å². The number of hydrogen-bond acceptors (Lipinski definition) is 3. The van der Waals surface area contributed by atoms with E-state index in [1.807, 2.05) is 18.2 Å². The van der Waals surface area contributed by atoms with Crippen LogP contribution in [0.3, 0.4) is 0 Å². The van der Waals surface area contributed by atoms with Crippen molar-refractivity contribution in [2.24, 2.45) is 0 Å². The molecule has 1 heterocycles. The molecular formula is C6H6ClNO2. The Bertz CT molecular complexity index is 130. The summed E-state index contributed by atoms with van der Waals surface area (Å²) in [5, 5.41) is 0. The fourth-order valence-electron chi connectivity index (χ4n) is 0.313. The summed E-state index contributed by atoms with van der Waals surface area (Å²) >= 11 is 4.32. The van der Waals surface area contributed by atoms with Gasteiger partial charge in [0.25, 0.3) is 0 Å². The molecule has 0 bridgehead atoms. The van der Waals surface area contributed by atoms with Gasteiger partial charge in [-0.3, -0.25) is 9.78 Å². The van der Waals surface area contributed by atoms with Gasteiger partial charge in [-0.25, -0.2) is 0 Å². The number of carbonyl (C=O) groups is 1. The molecule has 1 rings (SSSR count). The van der Waals surface area contributed by atoms with E-state index in [1.54, 1.807) is 12.4 Å². The van der Waals surface area contributed by atoms with E-state index in [0.29, 0.717) is 0 Å². The van der Waals surface area contributed by atoms with Crippen LogP contribution in [0.2, 0.25) is 0 Å². The van der Waals surface area contributed by atoms with Crippen LogP contribution >= 0.6 is 11.9 Å². The van der Waals surface area contributed by atoms with Gasteiger partial charge in [-0.05, 0) is 12.1 Å². The highest BCUT2D eigenvalue weighted by Gasteiger charge is 1.58. The minimum Gasteiger partial charge on any atom is -0.350 e. The first-order valence-electron chi connectivity index (χ1n) is 2.48. The number of carbonyl (C=O) groups excluding carboxylic acids is 1. The van der Waals surface area contributed by atoms with Gasteiger partial charge in [0.15, 0.2) is 0 Å². The van der Waals surface area contributed by atoms with E-state index in [1.165, 1.54) is 0 Å². The van der Waals surface area contributed by atoms with Gasteiger partial charge in [0.05, 0.1) is 0 Å². The molecule has 0 aromatic carbocycles. The lowest BCUT2D eigenvalue weighted by Crippen LogP contribution is -1.58. The predicted molar refractivity (Wildman–Crippen MR) is 37.2 cm³/mol. The Morgan fingerprint density at radius 2 is 1.80 bits per heavy atom. The summed E-state index contributed by atoms with van der Waals surface area (Å²) in [5.74, 6) is 0. The van der Waals surface area contributed by atoms with Crippen molar-refractivity contribution >= 4 is 18.3 Å². The Morgan fingerprint density at radius 3 is 1.90 bits per heavy atom. The number of hydrogen-bond donors (Lipinski definition) is 0. The molecule has 0 radical (unpaired) electrons. The average molecular weight is 160 g/mol. The molecule has 0 N–H and O–H groups in total. The molecule has 0 unspecified atom stereocenters. The van der Waals surface area contributed by atoms with Crippen LogP contribution in [0.25, 0.3) is 0 Å². The van der Waals surface area contributed by atoms with E-state index >= 15 is 0 Å². The molecule has 0 saturated heterocycles. The molecule has 0 aliphatic heterocycles. The van der Waals surface area contributed by atoms with Crippen molar-refractivity contribution < 1.29 is 9.08 Å². The minimum absolute atomic E-state index is 0.140. The van der Waals surface area contributed by atoms with Crippen LogP contribution in [0.5, 0.6) is 0 Å². The molecule has 1 aromatic rings. The maximum atomic E-state index is 8.82. The number of halogens is 1. The van der Waals surface area contributed by atoms with Crippen molar-refractivity contribution in [1.82, 2.24) is 4.98 Å². The highest BCUT2D eigenvalue weighted by atomic mass is 35.5. The highest BCUT2D eigenvalue weighted by Crippen LogP contribution is 1.73. The zero-order chi connectivity index (χ0) is 7.66. The zero-order valence-corrected chi connectivity index (χ0v) is 5.86. The van der Waals surface area contributed by atoms with E-state index in [4.69, 9.17) is 4.79 Å². The monoisotopic (exact) mass is 159 g/mol. The molecule has 0 aliphatic rings. The maximum absolute atomic E-state index is 8.82. The fourth-order valence-corrected chi connectivity index (χ4v) is 0.313. The average Bonchev–Trinajstić information content (AvgIpc) is 2.08. The third-order valence-corrected chi connectivity index (χ3v) is 0.676. The van der Waals surface area contributed by atoms with Crippen molar-refractivity contribution in [1.29, 1.82) is 0 Å². The molecule has 4 heteroatoms. The third kappa shape index (κ3) is 6.91. The molecule has 10 heavy (non-hydrogen) atoms. The predicted octanol–water partition coefficient (Wildman–Crippen LogP) is 1.39. The minimum atomic E-state index is 0.140. The van der Waals surface area contributed by atoms with Crippen molar-refractivity contribution in [3.63, 3.8) is 0 Å². The third-order valence-electron chi connectivity index (χ3n) is 0.603. The number of rotatable bonds is 1. The van der Waals surface area contributed by atoms with E-state index in [-0.39, 0.29) is 6.47 Å². The topological polar surface area (TPSA) is 39.2 Å². The lowest BCUT2D eigenvalue weighted by atomic mass is 10.5. The molecule has 0 aliphatic carbocycles. The molecule has 0 saturated carbocycles. The van der Waals surface area contributed by atoms with Crippen LogP contribution in [-0.2, 0) is 9.08 Å². The highest BCUT2D eigenvalue weighted by molar-refractivity contribution is 6.10. The van der Waals surface area contributed by atoms with E-state index in [9.17, 15) is 0 Å². The molecule has 0 fully saturated rings. The Kier molecular flexibility index (Phi) is 7.05. The van der Waals surface area contributed by atoms with E-state index in [0.717, 1.165) is 0 Å². The normalized spacial score (nSPS) is 6.90. The van der Waals surface area contributed by atoms with Gasteiger partial charge in [-0.2, -0.15) is 0 Å². The summed E-state index contributed by atoms with van der Waals surface area (Å²) in [6.07, 6.45) is 3.50. The van der Waals surface area contributed by atoms with Gasteiger partial charge in [0.1, 0.15) is 11.9 Å². The van der Waals surface area contributed by atoms with Crippen molar-refractivity contribution in [2.75, 3.05) is 0 Å². The first-order valence-corrected chi connectivity index (χ1v) is 2.78. The summed E-state index contributed by atoms with van der Waals surface area (Å²) in [6, 6.07) is 5.72. The molecule has 0 atom stereocenters. The number of aromatic nitrogens is 1. The Labute approximate surface area is 63.8 Å². The SMILES string of the molecule is O=COCl.c1ccncc1.